The van der Waals surface area contributed by atoms with E-state index < -0.39 is 0 Å². The number of aromatic nitrogens is 3. The highest BCUT2D eigenvalue weighted by atomic mass is 127. The van der Waals surface area contributed by atoms with Gasteiger partial charge in [-0.3, -0.25) is 4.99 Å². The van der Waals surface area contributed by atoms with Crippen LogP contribution in [0.5, 0.6) is 0 Å². The fourth-order valence-electron chi connectivity index (χ4n) is 3.39. The van der Waals surface area contributed by atoms with Crippen LogP contribution in [0.2, 0.25) is 0 Å². The van der Waals surface area contributed by atoms with Gasteiger partial charge in [-0.05, 0) is 19.3 Å². The molecule has 1 aliphatic rings. The maximum atomic E-state index is 6.24. The molecule has 0 bridgehead atoms. The first-order chi connectivity index (χ1) is 12.2. The zero-order valence-electron chi connectivity index (χ0n) is 16.5. The molecule has 0 spiro atoms. The molecule has 0 aliphatic heterocycles. The van der Waals surface area contributed by atoms with Crippen molar-refractivity contribution >= 4 is 29.9 Å². The van der Waals surface area contributed by atoms with E-state index >= 15 is 0 Å². The Morgan fingerprint density at radius 2 is 2.04 bits per heavy atom. The number of hydrogen-bond acceptors (Lipinski definition) is 4. The average Bonchev–Trinajstić information content (AvgIpc) is 3.11. The van der Waals surface area contributed by atoms with Gasteiger partial charge in [-0.15, -0.1) is 34.2 Å². The fourth-order valence-corrected chi connectivity index (χ4v) is 3.39. The second-order valence-corrected chi connectivity index (χ2v) is 6.74. The van der Waals surface area contributed by atoms with Crippen LogP contribution in [0.3, 0.4) is 0 Å². The average molecular weight is 478 g/mol. The lowest BCUT2D eigenvalue weighted by Gasteiger charge is -2.37. The Hall–Kier alpha value is -0.900. The van der Waals surface area contributed by atoms with Crippen LogP contribution in [-0.2, 0) is 17.7 Å². The Balaban J connectivity index is 0.00000338. The minimum atomic E-state index is -0.0322. The van der Waals surface area contributed by atoms with Crippen LogP contribution in [0, 0.1) is 0 Å². The van der Waals surface area contributed by atoms with Crippen molar-refractivity contribution in [2.24, 2.45) is 4.99 Å². The molecular weight excluding hydrogens is 443 g/mol. The van der Waals surface area contributed by atoms with Gasteiger partial charge in [-0.25, -0.2) is 0 Å². The van der Waals surface area contributed by atoms with Crippen LogP contribution in [0.25, 0.3) is 0 Å². The minimum absolute atomic E-state index is 0. The van der Waals surface area contributed by atoms with Crippen LogP contribution in [-0.4, -0.2) is 53.1 Å². The number of aliphatic imine (C=N–C) groups is 1. The Morgan fingerprint density at radius 3 is 2.69 bits per heavy atom. The maximum absolute atomic E-state index is 6.24. The van der Waals surface area contributed by atoms with Gasteiger partial charge < -0.3 is 19.9 Å². The molecule has 2 rings (SSSR count). The van der Waals surface area contributed by atoms with Gasteiger partial charge in [0.2, 0.25) is 0 Å². The third-order valence-corrected chi connectivity index (χ3v) is 4.84. The van der Waals surface area contributed by atoms with Crippen LogP contribution in [0.15, 0.2) is 11.3 Å². The predicted molar refractivity (Wildman–Crippen MR) is 116 cm³/mol. The number of hydrogen-bond donors (Lipinski definition) is 2. The van der Waals surface area contributed by atoms with Gasteiger partial charge in [0.1, 0.15) is 12.2 Å². The molecule has 150 valence electrons. The summed E-state index contributed by atoms with van der Waals surface area (Å²) in [5, 5.41) is 14.9. The summed E-state index contributed by atoms with van der Waals surface area (Å²) in [5.41, 5.74) is -0.0322. The van der Waals surface area contributed by atoms with Gasteiger partial charge in [0.25, 0.3) is 0 Å². The molecule has 1 aliphatic carbocycles. The second-order valence-electron chi connectivity index (χ2n) is 6.74. The fraction of sp³-hybridized carbons (Fsp3) is 0.833. The summed E-state index contributed by atoms with van der Waals surface area (Å²) in [6, 6.07) is 0. The van der Waals surface area contributed by atoms with Crippen molar-refractivity contribution in [1.29, 1.82) is 0 Å². The van der Waals surface area contributed by atoms with Crippen LogP contribution in [0.4, 0.5) is 0 Å². The zero-order chi connectivity index (χ0) is 18.0. The van der Waals surface area contributed by atoms with E-state index in [1.54, 1.807) is 6.33 Å². The largest absolute Gasteiger partial charge is 0.373 e. The van der Waals surface area contributed by atoms with Crippen molar-refractivity contribution in [3.05, 3.63) is 12.2 Å². The number of aryl methyl sites for hydroxylation is 1. The number of nitrogens with one attached hydrogen (secondary N) is 2. The number of ether oxygens (including phenoxy) is 1. The third kappa shape index (κ3) is 7.02. The van der Waals surface area contributed by atoms with Crippen LogP contribution >= 0.6 is 24.0 Å². The van der Waals surface area contributed by atoms with E-state index in [-0.39, 0.29) is 29.6 Å². The molecule has 0 aromatic carbocycles. The van der Waals surface area contributed by atoms with Gasteiger partial charge in [0.05, 0.1) is 5.60 Å². The summed E-state index contributed by atoms with van der Waals surface area (Å²) in [7, 11) is 1.81. The summed E-state index contributed by atoms with van der Waals surface area (Å²) in [5.74, 6) is 1.84. The Labute approximate surface area is 174 Å². The smallest absolute Gasteiger partial charge is 0.191 e. The van der Waals surface area contributed by atoms with E-state index in [1.165, 1.54) is 19.3 Å². The molecule has 0 amide bonds. The van der Waals surface area contributed by atoms with E-state index in [9.17, 15) is 0 Å². The molecule has 0 radical (unpaired) electrons. The molecule has 1 heterocycles. The molecule has 7 nitrogen and oxygen atoms in total. The molecule has 1 saturated carbocycles. The van der Waals surface area contributed by atoms with Crippen molar-refractivity contribution in [3.8, 4) is 0 Å². The number of rotatable bonds is 9. The van der Waals surface area contributed by atoms with E-state index in [4.69, 9.17) is 4.74 Å². The molecule has 0 saturated heterocycles. The molecule has 0 unspecified atom stereocenters. The lowest BCUT2D eigenvalue weighted by Crippen LogP contribution is -2.50. The molecule has 8 heteroatoms. The maximum Gasteiger partial charge on any atom is 0.191 e. The third-order valence-electron chi connectivity index (χ3n) is 4.84. The summed E-state index contributed by atoms with van der Waals surface area (Å²) in [6.45, 7) is 7.52. The minimum Gasteiger partial charge on any atom is -0.373 e. The lowest BCUT2D eigenvalue weighted by molar-refractivity contribution is -0.0657. The van der Waals surface area contributed by atoms with Crippen molar-refractivity contribution in [2.75, 3.05) is 26.7 Å². The van der Waals surface area contributed by atoms with E-state index in [1.807, 2.05) is 7.05 Å². The SMILES string of the molecule is CCCOC1(CNC(=NC)NCCn2cnnc2CC)CCCCC1.I. The molecule has 1 aromatic rings. The van der Waals surface area contributed by atoms with Gasteiger partial charge in [0, 0.05) is 39.7 Å². The number of halogens is 1. The highest BCUT2D eigenvalue weighted by molar-refractivity contribution is 14.0. The Bertz CT molecular complexity index is 528. The van der Waals surface area contributed by atoms with Gasteiger partial charge in [0.15, 0.2) is 5.96 Å². The number of guanidine groups is 1. The summed E-state index contributed by atoms with van der Waals surface area (Å²) in [4.78, 5) is 4.34. The van der Waals surface area contributed by atoms with Crippen molar-refractivity contribution < 1.29 is 4.74 Å². The Kier molecular flexibility index (Phi) is 11.1. The van der Waals surface area contributed by atoms with Gasteiger partial charge in [-0.2, -0.15) is 0 Å². The zero-order valence-corrected chi connectivity index (χ0v) is 18.8. The molecule has 1 aromatic heterocycles. The topological polar surface area (TPSA) is 76.4 Å². The van der Waals surface area contributed by atoms with Crippen molar-refractivity contribution in [3.63, 3.8) is 0 Å². The van der Waals surface area contributed by atoms with Gasteiger partial charge >= 0.3 is 0 Å². The van der Waals surface area contributed by atoms with Crippen LogP contribution in [0.1, 0.15) is 58.2 Å². The summed E-state index contributed by atoms with van der Waals surface area (Å²) < 4.78 is 8.32. The highest BCUT2D eigenvalue weighted by Crippen LogP contribution is 2.31. The van der Waals surface area contributed by atoms with Crippen LogP contribution < -0.4 is 10.6 Å². The lowest BCUT2D eigenvalue weighted by atomic mass is 9.84. The Morgan fingerprint density at radius 1 is 1.27 bits per heavy atom. The quantitative estimate of drug-likeness (QED) is 0.324. The first kappa shape index (κ1) is 23.1. The van der Waals surface area contributed by atoms with Gasteiger partial charge in [-0.1, -0.05) is 33.1 Å². The second kappa shape index (κ2) is 12.5. The predicted octanol–water partition coefficient (Wildman–Crippen LogP) is 2.75. The van der Waals surface area contributed by atoms with Crippen molar-refractivity contribution in [2.45, 2.75) is 70.9 Å². The summed E-state index contributed by atoms with van der Waals surface area (Å²) in [6.07, 6.45) is 9.84. The summed E-state index contributed by atoms with van der Waals surface area (Å²) >= 11 is 0. The number of nitrogens with zero attached hydrogens (tertiary/aromatic N) is 4. The normalized spacial score (nSPS) is 16.8. The molecule has 2 N–H and O–H groups in total. The van der Waals surface area contributed by atoms with Crippen molar-refractivity contribution in [1.82, 2.24) is 25.4 Å². The monoisotopic (exact) mass is 478 g/mol. The molecule has 1 fully saturated rings. The standard InChI is InChI=1S/C18H34N6O.HI/c1-4-13-25-18(9-7-6-8-10-18)14-21-17(19-3)20-11-12-24-15-22-23-16(24)5-2;/h15H,4-14H2,1-3H3,(H2,19,20,21);1H. The highest BCUT2D eigenvalue weighted by Gasteiger charge is 2.32. The molecule has 26 heavy (non-hydrogen) atoms. The van der Waals surface area contributed by atoms with E-state index in [0.717, 1.165) is 63.7 Å². The molecular formula is C18H35IN6O. The van der Waals surface area contributed by atoms with E-state index in [0.29, 0.717) is 0 Å². The van der Waals surface area contributed by atoms with E-state index in [2.05, 4.69) is 44.2 Å². The first-order valence-electron chi connectivity index (χ1n) is 9.68. The molecule has 0 atom stereocenters. The first-order valence-corrected chi connectivity index (χ1v) is 9.68.